The predicted molar refractivity (Wildman–Crippen MR) is 75.5 cm³/mol. The second-order valence-electron chi connectivity index (χ2n) is 4.80. The lowest BCUT2D eigenvalue weighted by molar-refractivity contribution is 0.229. The first kappa shape index (κ1) is 12.6. The van der Waals surface area contributed by atoms with Crippen LogP contribution in [0.15, 0.2) is 6.33 Å². The number of aromatic amines is 1. The van der Waals surface area contributed by atoms with Gasteiger partial charge in [-0.15, -0.1) is 0 Å². The van der Waals surface area contributed by atoms with E-state index in [2.05, 4.69) is 37.1 Å². The highest BCUT2D eigenvalue weighted by Gasteiger charge is 2.19. The molecule has 0 bridgehead atoms. The number of anilines is 1. The van der Waals surface area contributed by atoms with Gasteiger partial charge in [0.25, 0.3) is 0 Å². The average molecular weight is 281 g/mol. The molecule has 1 aliphatic rings. The van der Waals surface area contributed by atoms with Crippen LogP contribution in [0.1, 0.15) is 19.8 Å². The zero-order chi connectivity index (χ0) is 13.2. The summed E-state index contributed by atoms with van der Waals surface area (Å²) in [5, 5.41) is 3.69. The Labute approximate surface area is 116 Å². The molecule has 0 amide bonds. The molecule has 0 aliphatic carbocycles. The predicted octanol–water partition coefficient (Wildman–Crippen LogP) is 1.90. The number of piperidine rings is 1. The van der Waals surface area contributed by atoms with Crippen LogP contribution in [0, 0.1) is 0 Å². The van der Waals surface area contributed by atoms with Gasteiger partial charge < -0.3 is 15.2 Å². The lowest BCUT2D eigenvalue weighted by Crippen LogP contribution is -2.39. The minimum atomic E-state index is 0.230. The quantitative estimate of drug-likeness (QED) is 0.841. The zero-order valence-electron chi connectivity index (χ0n) is 10.9. The van der Waals surface area contributed by atoms with Crippen molar-refractivity contribution < 1.29 is 0 Å². The summed E-state index contributed by atoms with van der Waals surface area (Å²) in [4.78, 5) is 18.0. The van der Waals surface area contributed by atoms with Gasteiger partial charge in [-0.2, -0.15) is 9.97 Å². The highest BCUT2D eigenvalue weighted by molar-refractivity contribution is 6.28. The summed E-state index contributed by atoms with van der Waals surface area (Å²) in [5.41, 5.74) is 1.43. The molecular formula is C12H17ClN6. The molecule has 2 aromatic heterocycles. The number of rotatable bonds is 3. The van der Waals surface area contributed by atoms with Crippen molar-refractivity contribution >= 4 is 28.6 Å². The zero-order valence-corrected chi connectivity index (χ0v) is 11.6. The number of hydrogen-bond donors (Lipinski definition) is 2. The number of hydrogen-bond acceptors (Lipinski definition) is 5. The molecule has 0 aromatic carbocycles. The molecule has 3 rings (SSSR count). The smallest absolute Gasteiger partial charge is 0.226 e. The molecule has 0 spiro atoms. The summed E-state index contributed by atoms with van der Waals surface area (Å²) in [6.07, 6.45) is 3.84. The Morgan fingerprint density at radius 2 is 2.21 bits per heavy atom. The summed E-state index contributed by atoms with van der Waals surface area (Å²) in [5.74, 6) is 0.752. The maximum Gasteiger partial charge on any atom is 0.226 e. The maximum absolute atomic E-state index is 5.92. The minimum Gasteiger partial charge on any atom is -0.365 e. The first-order chi connectivity index (χ1) is 9.26. The van der Waals surface area contributed by atoms with Crippen molar-refractivity contribution in [3.63, 3.8) is 0 Å². The van der Waals surface area contributed by atoms with Gasteiger partial charge in [-0.3, -0.25) is 0 Å². The molecule has 6 nitrogen and oxygen atoms in total. The van der Waals surface area contributed by atoms with Crippen molar-refractivity contribution in [3.05, 3.63) is 11.6 Å². The number of imidazole rings is 1. The topological polar surface area (TPSA) is 69.7 Å². The van der Waals surface area contributed by atoms with E-state index in [1.54, 1.807) is 6.33 Å². The molecule has 0 unspecified atom stereocenters. The second-order valence-corrected chi connectivity index (χ2v) is 5.13. The van der Waals surface area contributed by atoms with E-state index in [9.17, 15) is 0 Å². The number of fused-ring (bicyclic) bond motifs is 1. The van der Waals surface area contributed by atoms with Crippen molar-refractivity contribution in [1.82, 2.24) is 24.8 Å². The van der Waals surface area contributed by atoms with Gasteiger partial charge in [-0.05, 0) is 31.0 Å². The second kappa shape index (κ2) is 5.30. The SMILES string of the molecule is CCN1CCC(Nc2nc(Cl)nc3nc[nH]c23)CC1. The molecule has 7 heteroatoms. The summed E-state index contributed by atoms with van der Waals surface area (Å²) in [6.45, 7) is 5.57. The molecular weight excluding hydrogens is 264 g/mol. The van der Waals surface area contributed by atoms with Gasteiger partial charge in [0.1, 0.15) is 5.52 Å². The van der Waals surface area contributed by atoms with Gasteiger partial charge in [0, 0.05) is 19.1 Å². The van der Waals surface area contributed by atoms with E-state index in [-0.39, 0.29) is 5.28 Å². The summed E-state index contributed by atoms with van der Waals surface area (Å²) >= 11 is 5.92. The van der Waals surface area contributed by atoms with Crippen LogP contribution in [0.2, 0.25) is 5.28 Å². The van der Waals surface area contributed by atoms with Gasteiger partial charge >= 0.3 is 0 Å². The van der Waals surface area contributed by atoms with Crippen LogP contribution < -0.4 is 5.32 Å². The first-order valence-electron chi connectivity index (χ1n) is 6.61. The largest absolute Gasteiger partial charge is 0.365 e. The number of H-pyrrole nitrogens is 1. The van der Waals surface area contributed by atoms with E-state index in [1.165, 1.54) is 0 Å². The fourth-order valence-corrected chi connectivity index (χ4v) is 2.66. The number of nitrogens with one attached hydrogen (secondary N) is 2. The van der Waals surface area contributed by atoms with E-state index >= 15 is 0 Å². The number of aromatic nitrogens is 4. The lowest BCUT2D eigenvalue weighted by Gasteiger charge is -2.31. The van der Waals surface area contributed by atoms with Crippen LogP contribution >= 0.6 is 11.6 Å². The summed E-state index contributed by atoms with van der Waals surface area (Å²) < 4.78 is 0. The van der Waals surface area contributed by atoms with Crippen LogP contribution in [0.4, 0.5) is 5.82 Å². The normalized spacial score (nSPS) is 18.0. The Hall–Kier alpha value is -1.40. The molecule has 1 aliphatic heterocycles. The van der Waals surface area contributed by atoms with Crippen LogP contribution in [-0.2, 0) is 0 Å². The minimum absolute atomic E-state index is 0.230. The number of nitrogens with zero attached hydrogens (tertiary/aromatic N) is 4. The Morgan fingerprint density at radius 1 is 1.42 bits per heavy atom. The molecule has 0 radical (unpaired) electrons. The third-order valence-corrected chi connectivity index (χ3v) is 3.80. The van der Waals surface area contributed by atoms with Crippen LogP contribution in [0.5, 0.6) is 0 Å². The maximum atomic E-state index is 5.92. The van der Waals surface area contributed by atoms with E-state index < -0.39 is 0 Å². The molecule has 0 atom stereocenters. The van der Waals surface area contributed by atoms with Crippen molar-refractivity contribution in [2.75, 3.05) is 25.0 Å². The molecule has 0 saturated carbocycles. The van der Waals surface area contributed by atoms with E-state index in [0.717, 1.165) is 43.8 Å². The highest BCUT2D eigenvalue weighted by Crippen LogP contribution is 2.22. The van der Waals surface area contributed by atoms with Crippen molar-refractivity contribution in [2.45, 2.75) is 25.8 Å². The molecule has 2 N–H and O–H groups in total. The number of likely N-dealkylation sites (tertiary alicyclic amines) is 1. The van der Waals surface area contributed by atoms with E-state index in [4.69, 9.17) is 11.6 Å². The van der Waals surface area contributed by atoms with Crippen LogP contribution in [-0.4, -0.2) is 50.5 Å². The lowest BCUT2D eigenvalue weighted by atomic mass is 10.1. The summed E-state index contributed by atoms with van der Waals surface area (Å²) in [6, 6.07) is 0.431. The Bertz CT molecular complexity index is 560. The van der Waals surface area contributed by atoms with E-state index in [1.807, 2.05) is 0 Å². The standard InChI is InChI=1S/C12H17ClN6/c1-2-19-5-3-8(4-6-19)16-11-9-10(15-7-14-9)17-12(13)18-11/h7-8H,2-6H2,1H3,(H2,14,15,16,17,18). The van der Waals surface area contributed by atoms with Crippen molar-refractivity contribution in [1.29, 1.82) is 0 Å². The van der Waals surface area contributed by atoms with Crippen LogP contribution in [0.3, 0.4) is 0 Å². The molecule has 1 saturated heterocycles. The highest BCUT2D eigenvalue weighted by atomic mass is 35.5. The Kier molecular flexibility index (Phi) is 3.52. The van der Waals surface area contributed by atoms with Crippen molar-refractivity contribution in [2.24, 2.45) is 0 Å². The molecule has 3 heterocycles. The van der Waals surface area contributed by atoms with Gasteiger partial charge in [0.05, 0.1) is 6.33 Å². The van der Waals surface area contributed by atoms with Crippen molar-refractivity contribution in [3.8, 4) is 0 Å². The Morgan fingerprint density at radius 3 is 2.95 bits per heavy atom. The summed E-state index contributed by atoms with van der Waals surface area (Å²) in [7, 11) is 0. The number of halogens is 1. The fourth-order valence-electron chi connectivity index (χ4n) is 2.50. The van der Waals surface area contributed by atoms with Gasteiger partial charge in [-0.1, -0.05) is 6.92 Å². The monoisotopic (exact) mass is 280 g/mol. The molecule has 102 valence electrons. The third kappa shape index (κ3) is 2.64. The van der Waals surface area contributed by atoms with E-state index in [0.29, 0.717) is 11.7 Å². The van der Waals surface area contributed by atoms with Gasteiger partial charge in [-0.25, -0.2) is 4.98 Å². The molecule has 1 fully saturated rings. The average Bonchev–Trinajstić information content (AvgIpc) is 2.88. The molecule has 2 aromatic rings. The van der Waals surface area contributed by atoms with Gasteiger partial charge in [0.2, 0.25) is 5.28 Å². The fraction of sp³-hybridized carbons (Fsp3) is 0.583. The first-order valence-corrected chi connectivity index (χ1v) is 6.99. The van der Waals surface area contributed by atoms with Gasteiger partial charge in [0.15, 0.2) is 11.5 Å². The Balaban J connectivity index is 1.76. The molecule has 19 heavy (non-hydrogen) atoms. The van der Waals surface area contributed by atoms with Crippen LogP contribution in [0.25, 0.3) is 11.2 Å². The third-order valence-electron chi connectivity index (χ3n) is 3.63.